The van der Waals surface area contributed by atoms with E-state index in [-0.39, 0.29) is 11.1 Å². The van der Waals surface area contributed by atoms with Crippen molar-refractivity contribution >= 4 is 17.6 Å². The molecule has 2 aliphatic rings. The first kappa shape index (κ1) is 18.7. The Morgan fingerprint density at radius 2 is 1.82 bits per heavy atom. The number of aliphatic hydroxyl groups excluding tert-OH is 1. The van der Waals surface area contributed by atoms with E-state index < -0.39 is 12.3 Å². The Balaban J connectivity index is 1.90. The van der Waals surface area contributed by atoms with Gasteiger partial charge < -0.3 is 24.2 Å². The first-order valence-electron chi connectivity index (χ1n) is 8.90. The van der Waals surface area contributed by atoms with Crippen molar-refractivity contribution in [1.29, 1.82) is 0 Å². The molecule has 146 valence electrons. The van der Waals surface area contributed by atoms with Crippen LogP contribution < -0.4 is 9.47 Å². The monoisotopic (exact) mass is 401 g/mol. The Morgan fingerprint density at radius 1 is 1.14 bits per heavy atom. The molecule has 2 aliphatic heterocycles. The number of carbonyl (C=O) groups is 1. The summed E-state index contributed by atoms with van der Waals surface area (Å²) in [5, 5.41) is 10.2. The number of hydrogen-bond donors (Lipinski definition) is 1. The highest BCUT2D eigenvalue weighted by Gasteiger charge is 2.41. The fourth-order valence-electron chi connectivity index (χ4n) is 3.89. The number of aliphatic hydroxyl groups is 1. The Morgan fingerprint density at radius 3 is 2.43 bits per heavy atom. The summed E-state index contributed by atoms with van der Waals surface area (Å²) >= 11 is 6.20. The zero-order valence-electron chi connectivity index (χ0n) is 15.5. The average Bonchev–Trinajstić information content (AvgIpc) is 2.98. The topological polar surface area (TPSA) is 68.2 Å². The second-order valence-electron chi connectivity index (χ2n) is 6.62. The van der Waals surface area contributed by atoms with Crippen molar-refractivity contribution in [2.24, 2.45) is 0 Å². The van der Waals surface area contributed by atoms with Crippen LogP contribution in [0.3, 0.4) is 0 Å². The fourth-order valence-corrected chi connectivity index (χ4v) is 4.14. The molecule has 0 saturated heterocycles. The summed E-state index contributed by atoms with van der Waals surface area (Å²) in [5.41, 5.74) is 3.40. The van der Waals surface area contributed by atoms with Crippen LogP contribution in [0.1, 0.15) is 22.7 Å². The number of methoxy groups -OCH3 is 2. The number of benzene rings is 2. The lowest BCUT2D eigenvalue weighted by Crippen LogP contribution is -2.38. The highest BCUT2D eigenvalue weighted by Crippen LogP contribution is 2.44. The van der Waals surface area contributed by atoms with Gasteiger partial charge >= 0.3 is 5.97 Å². The molecule has 0 aliphatic carbocycles. The highest BCUT2D eigenvalue weighted by molar-refractivity contribution is 6.42. The van der Waals surface area contributed by atoms with E-state index in [1.165, 1.54) is 0 Å². The highest BCUT2D eigenvalue weighted by atomic mass is 35.5. The number of nitrogens with zero attached hydrogens (tertiary/aromatic N) is 1. The van der Waals surface area contributed by atoms with Crippen molar-refractivity contribution in [3.8, 4) is 11.5 Å². The van der Waals surface area contributed by atoms with Crippen LogP contribution in [-0.2, 0) is 16.0 Å². The summed E-state index contributed by atoms with van der Waals surface area (Å²) in [6.45, 7) is 0.557. The molecule has 0 spiro atoms. The molecular weight excluding hydrogens is 382 g/mol. The minimum absolute atomic E-state index is 0.0858. The van der Waals surface area contributed by atoms with Crippen molar-refractivity contribution in [3.63, 3.8) is 0 Å². The predicted octanol–water partition coefficient (Wildman–Crippen LogP) is 2.98. The van der Waals surface area contributed by atoms with Crippen LogP contribution in [-0.4, -0.2) is 43.0 Å². The van der Waals surface area contributed by atoms with Gasteiger partial charge in [-0.2, -0.15) is 0 Å². The third-order valence-electron chi connectivity index (χ3n) is 5.16. The van der Waals surface area contributed by atoms with E-state index in [4.69, 9.17) is 25.8 Å². The lowest BCUT2D eigenvalue weighted by atomic mass is 9.87. The summed E-state index contributed by atoms with van der Waals surface area (Å²) in [4.78, 5) is 13.8. The predicted molar refractivity (Wildman–Crippen MR) is 103 cm³/mol. The van der Waals surface area contributed by atoms with E-state index in [0.29, 0.717) is 30.2 Å². The quantitative estimate of drug-likeness (QED) is 0.794. The molecule has 4 rings (SSSR count). The maximum Gasteiger partial charge on any atom is 0.354 e. The Bertz CT molecular complexity index is 943. The molecule has 1 N–H and O–H groups in total. The molecule has 0 fully saturated rings. The number of halogens is 1. The minimum Gasteiger partial charge on any atom is -0.493 e. The first-order valence-corrected chi connectivity index (χ1v) is 9.28. The van der Waals surface area contributed by atoms with Crippen LogP contribution in [0.5, 0.6) is 11.5 Å². The molecule has 2 atom stereocenters. The molecule has 2 aromatic rings. The van der Waals surface area contributed by atoms with Gasteiger partial charge in [0.05, 0.1) is 20.3 Å². The number of cyclic esters (lactones) is 1. The van der Waals surface area contributed by atoms with Crippen LogP contribution in [0.4, 0.5) is 0 Å². The van der Waals surface area contributed by atoms with Gasteiger partial charge in [-0.25, -0.2) is 4.79 Å². The molecule has 0 aromatic heterocycles. The summed E-state index contributed by atoms with van der Waals surface area (Å²) in [5.74, 6) is 0.565. The minimum atomic E-state index is -1.38. The SMILES string of the molecule is COc1cc2c(cc1OC)C(c1ccccc1)N(C1=C(Cl)C(=O)OC1O)CC2. The third-order valence-corrected chi connectivity index (χ3v) is 5.50. The van der Waals surface area contributed by atoms with Crippen LogP contribution in [0.15, 0.2) is 53.2 Å². The van der Waals surface area contributed by atoms with Crippen LogP contribution in [0, 0.1) is 0 Å². The second-order valence-corrected chi connectivity index (χ2v) is 7.00. The first-order chi connectivity index (χ1) is 13.5. The molecule has 0 amide bonds. The lowest BCUT2D eigenvalue weighted by molar-refractivity contribution is -0.153. The molecule has 2 aromatic carbocycles. The molecule has 6 nitrogen and oxygen atoms in total. The molecule has 0 radical (unpaired) electrons. The van der Waals surface area contributed by atoms with Gasteiger partial charge in [0.15, 0.2) is 16.5 Å². The van der Waals surface area contributed by atoms with Crippen molar-refractivity contribution in [2.45, 2.75) is 18.8 Å². The number of hydrogen-bond acceptors (Lipinski definition) is 6. The van der Waals surface area contributed by atoms with Crippen molar-refractivity contribution in [1.82, 2.24) is 4.90 Å². The largest absolute Gasteiger partial charge is 0.493 e. The molecule has 2 heterocycles. The normalized spacial score (nSPS) is 21.4. The number of fused-ring (bicyclic) bond motifs is 1. The molecule has 28 heavy (non-hydrogen) atoms. The van der Waals surface area contributed by atoms with Crippen LogP contribution in [0.25, 0.3) is 0 Å². The Kier molecular flexibility index (Phi) is 4.91. The van der Waals surface area contributed by atoms with E-state index in [2.05, 4.69) is 0 Å². The van der Waals surface area contributed by atoms with E-state index in [0.717, 1.165) is 16.7 Å². The van der Waals surface area contributed by atoms with Gasteiger partial charge in [0.1, 0.15) is 5.70 Å². The summed E-state index contributed by atoms with van der Waals surface area (Å²) in [6, 6.07) is 13.5. The van der Waals surface area contributed by atoms with Gasteiger partial charge in [-0.1, -0.05) is 41.9 Å². The standard InChI is InChI=1S/C21H20ClNO5/c1-26-15-10-13-8-9-23(19-17(22)20(24)28-21(19)25)18(12-6-4-3-5-7-12)14(13)11-16(15)27-2/h3-7,10-11,18,21,25H,8-9H2,1-2H3. The Labute approximate surface area is 167 Å². The smallest absolute Gasteiger partial charge is 0.354 e. The van der Waals surface area contributed by atoms with Crippen molar-refractivity contribution < 1.29 is 24.1 Å². The molecule has 2 unspecified atom stereocenters. The molecule has 0 bridgehead atoms. The summed E-state index contributed by atoms with van der Waals surface area (Å²) < 4.78 is 15.9. The maximum absolute atomic E-state index is 11.9. The average molecular weight is 402 g/mol. The summed E-state index contributed by atoms with van der Waals surface area (Å²) in [7, 11) is 3.20. The van der Waals surface area contributed by atoms with Gasteiger partial charge in [-0.15, -0.1) is 0 Å². The van der Waals surface area contributed by atoms with Gasteiger partial charge in [-0.05, 0) is 35.2 Å². The van der Waals surface area contributed by atoms with E-state index in [1.54, 1.807) is 14.2 Å². The molecule has 7 heteroatoms. The van der Waals surface area contributed by atoms with Crippen LogP contribution in [0.2, 0.25) is 0 Å². The van der Waals surface area contributed by atoms with Gasteiger partial charge in [0.25, 0.3) is 0 Å². The second kappa shape index (κ2) is 7.37. The molecular formula is C21H20ClNO5. The molecule has 0 saturated carbocycles. The van der Waals surface area contributed by atoms with Crippen LogP contribution >= 0.6 is 11.6 Å². The zero-order valence-corrected chi connectivity index (χ0v) is 16.3. The van der Waals surface area contributed by atoms with Crippen molar-refractivity contribution in [2.75, 3.05) is 20.8 Å². The third kappa shape index (κ3) is 2.99. The van der Waals surface area contributed by atoms with Crippen molar-refractivity contribution in [3.05, 3.63) is 69.9 Å². The van der Waals surface area contributed by atoms with E-state index in [9.17, 15) is 9.90 Å². The van der Waals surface area contributed by atoms with E-state index >= 15 is 0 Å². The zero-order chi connectivity index (χ0) is 19.8. The lowest BCUT2D eigenvalue weighted by Gasteiger charge is -2.40. The van der Waals surface area contributed by atoms with Gasteiger partial charge in [-0.3, -0.25) is 0 Å². The Hall–Kier alpha value is -2.70. The number of carbonyl (C=O) groups excluding carboxylic acids is 1. The van der Waals surface area contributed by atoms with Gasteiger partial charge in [0.2, 0.25) is 6.29 Å². The number of esters is 1. The number of rotatable bonds is 4. The van der Waals surface area contributed by atoms with Gasteiger partial charge in [0, 0.05) is 6.54 Å². The summed E-state index contributed by atoms with van der Waals surface area (Å²) in [6.07, 6.45) is -0.693. The fraction of sp³-hybridized carbons (Fsp3) is 0.286. The number of ether oxygens (including phenoxy) is 3. The van der Waals surface area contributed by atoms with E-state index in [1.807, 2.05) is 47.4 Å². The maximum atomic E-state index is 11.9.